The molecule has 0 saturated carbocycles. The number of aryl methyl sites for hydroxylation is 1. The molecular formula is C15H21F3N2O3S. The lowest BCUT2D eigenvalue weighted by Crippen LogP contribution is -2.34. The fraction of sp³-hybridized carbons (Fsp3) is 0.600. The van der Waals surface area contributed by atoms with Gasteiger partial charge in [-0.25, -0.2) is 13.1 Å². The van der Waals surface area contributed by atoms with Crippen molar-refractivity contribution < 1.29 is 26.3 Å². The number of rotatable bonds is 6. The number of hydrogen-bond acceptors (Lipinski definition) is 4. The number of sulfonamides is 1. The van der Waals surface area contributed by atoms with E-state index in [0.717, 1.165) is 0 Å². The number of hydrogen-bond donors (Lipinski definition) is 1. The monoisotopic (exact) mass is 366 g/mol. The predicted molar refractivity (Wildman–Crippen MR) is 83.5 cm³/mol. The van der Waals surface area contributed by atoms with Gasteiger partial charge in [0.05, 0.1) is 18.6 Å². The number of nitrogens with zero attached hydrogens (tertiary/aromatic N) is 1. The second-order valence-electron chi connectivity index (χ2n) is 5.99. The highest BCUT2D eigenvalue weighted by atomic mass is 32.2. The Hall–Kier alpha value is -1.32. The molecule has 136 valence electrons. The van der Waals surface area contributed by atoms with Gasteiger partial charge in [-0.05, 0) is 49.6 Å². The third-order valence-corrected chi connectivity index (χ3v) is 5.59. The summed E-state index contributed by atoms with van der Waals surface area (Å²) in [5.41, 5.74) is 0.548. The third-order valence-electron chi connectivity index (χ3n) is 4.01. The van der Waals surface area contributed by atoms with Gasteiger partial charge in [-0.15, -0.1) is 0 Å². The van der Waals surface area contributed by atoms with Crippen molar-refractivity contribution in [2.24, 2.45) is 5.92 Å². The van der Waals surface area contributed by atoms with Crippen molar-refractivity contribution in [3.8, 4) is 5.75 Å². The molecule has 1 aromatic rings. The topological polar surface area (TPSA) is 58.6 Å². The van der Waals surface area contributed by atoms with Crippen LogP contribution in [0.15, 0.2) is 23.1 Å². The molecule has 1 heterocycles. The Morgan fingerprint density at radius 3 is 2.67 bits per heavy atom. The lowest BCUT2D eigenvalue weighted by atomic mass is 10.1. The lowest BCUT2D eigenvalue weighted by molar-refractivity contribution is -0.143. The number of methoxy groups -OCH3 is 1. The van der Waals surface area contributed by atoms with E-state index >= 15 is 0 Å². The maximum atomic E-state index is 12.4. The van der Waals surface area contributed by atoms with E-state index < -0.39 is 22.7 Å². The molecule has 2 rings (SSSR count). The van der Waals surface area contributed by atoms with Crippen LogP contribution in [0, 0.1) is 12.8 Å². The van der Waals surface area contributed by atoms with Crippen LogP contribution < -0.4 is 9.46 Å². The van der Waals surface area contributed by atoms with E-state index in [2.05, 4.69) is 4.72 Å². The van der Waals surface area contributed by atoms with Crippen LogP contribution in [-0.4, -0.2) is 52.8 Å². The van der Waals surface area contributed by atoms with E-state index in [9.17, 15) is 21.6 Å². The molecule has 1 N–H and O–H groups in total. The Kier molecular flexibility index (Phi) is 5.77. The van der Waals surface area contributed by atoms with Crippen LogP contribution >= 0.6 is 0 Å². The van der Waals surface area contributed by atoms with Crippen molar-refractivity contribution in [2.75, 3.05) is 33.3 Å². The van der Waals surface area contributed by atoms with E-state index in [1.54, 1.807) is 19.1 Å². The summed E-state index contributed by atoms with van der Waals surface area (Å²) in [6.45, 7) is 1.41. The standard InChI is InChI=1S/C15H21F3N2O3S/c1-11-7-13(23-2)3-4-14(11)24(21,22)19-8-12-5-6-20(9-12)10-15(16,17)18/h3-4,7,12,19H,5-6,8-10H2,1-2H3/t12-/m0/s1. The smallest absolute Gasteiger partial charge is 0.401 e. The molecule has 0 spiro atoms. The minimum atomic E-state index is -4.23. The second-order valence-corrected chi connectivity index (χ2v) is 7.72. The van der Waals surface area contributed by atoms with Crippen molar-refractivity contribution in [1.29, 1.82) is 0 Å². The first-order chi connectivity index (χ1) is 11.1. The summed E-state index contributed by atoms with van der Waals surface area (Å²) in [7, 11) is -2.21. The molecule has 0 aliphatic carbocycles. The minimum Gasteiger partial charge on any atom is -0.497 e. The molecule has 1 aliphatic rings. The molecule has 24 heavy (non-hydrogen) atoms. The van der Waals surface area contributed by atoms with E-state index in [1.165, 1.54) is 18.1 Å². The van der Waals surface area contributed by atoms with Crippen LogP contribution in [0.1, 0.15) is 12.0 Å². The Balaban J connectivity index is 1.94. The molecule has 0 radical (unpaired) electrons. The quantitative estimate of drug-likeness (QED) is 0.838. The zero-order chi connectivity index (χ0) is 18.0. The molecule has 1 aliphatic heterocycles. The van der Waals surface area contributed by atoms with E-state index in [4.69, 9.17) is 4.74 Å². The molecule has 0 bridgehead atoms. The fourth-order valence-corrected chi connectivity index (χ4v) is 4.17. The average Bonchev–Trinajstić information content (AvgIpc) is 2.90. The van der Waals surface area contributed by atoms with Crippen LogP contribution in [0.3, 0.4) is 0 Å². The number of benzene rings is 1. The molecule has 1 aromatic carbocycles. The molecule has 0 unspecified atom stereocenters. The molecule has 9 heteroatoms. The SMILES string of the molecule is COc1ccc(S(=O)(=O)NC[C@@H]2CCN(CC(F)(F)F)C2)c(C)c1. The van der Waals surface area contributed by atoms with Gasteiger partial charge in [0.15, 0.2) is 0 Å². The Morgan fingerprint density at radius 1 is 1.38 bits per heavy atom. The van der Waals surface area contributed by atoms with Crippen LogP contribution in [0.4, 0.5) is 13.2 Å². The van der Waals surface area contributed by atoms with Crippen molar-refractivity contribution in [3.63, 3.8) is 0 Å². The average molecular weight is 366 g/mol. The van der Waals surface area contributed by atoms with Crippen LogP contribution in [0.2, 0.25) is 0 Å². The largest absolute Gasteiger partial charge is 0.497 e. The van der Waals surface area contributed by atoms with Crippen LogP contribution in [0.5, 0.6) is 5.75 Å². The van der Waals surface area contributed by atoms with Gasteiger partial charge in [-0.1, -0.05) is 0 Å². The molecule has 1 atom stereocenters. The summed E-state index contributed by atoms with van der Waals surface area (Å²) in [5, 5.41) is 0. The Bertz CT molecular complexity index is 677. The first kappa shape index (κ1) is 19.0. The number of halogens is 3. The van der Waals surface area contributed by atoms with E-state index in [1.807, 2.05) is 0 Å². The van der Waals surface area contributed by atoms with Gasteiger partial charge >= 0.3 is 6.18 Å². The summed E-state index contributed by atoms with van der Waals surface area (Å²) in [6, 6.07) is 4.64. The first-order valence-electron chi connectivity index (χ1n) is 7.54. The third kappa shape index (κ3) is 5.09. The fourth-order valence-electron chi connectivity index (χ4n) is 2.83. The van der Waals surface area contributed by atoms with Gasteiger partial charge < -0.3 is 4.74 Å². The Morgan fingerprint density at radius 2 is 2.08 bits per heavy atom. The zero-order valence-corrected chi connectivity index (χ0v) is 14.4. The molecule has 1 fully saturated rings. The Labute approximate surface area is 139 Å². The maximum Gasteiger partial charge on any atom is 0.401 e. The van der Waals surface area contributed by atoms with Gasteiger partial charge in [0, 0.05) is 13.1 Å². The molecule has 1 saturated heterocycles. The van der Waals surface area contributed by atoms with Gasteiger partial charge in [-0.2, -0.15) is 13.2 Å². The normalized spacial score (nSPS) is 19.6. The highest BCUT2D eigenvalue weighted by Gasteiger charge is 2.34. The second kappa shape index (κ2) is 7.28. The summed E-state index contributed by atoms with van der Waals surface area (Å²) < 4.78 is 69.4. The van der Waals surface area contributed by atoms with Crippen LogP contribution in [0.25, 0.3) is 0 Å². The summed E-state index contributed by atoms with van der Waals surface area (Å²) in [6.07, 6.45) is -3.69. The number of alkyl halides is 3. The highest BCUT2D eigenvalue weighted by Crippen LogP contribution is 2.24. The van der Waals surface area contributed by atoms with Gasteiger partial charge in [0.2, 0.25) is 10.0 Å². The summed E-state index contributed by atoms with van der Waals surface area (Å²) in [4.78, 5) is 1.45. The predicted octanol–water partition coefficient (Wildman–Crippen LogP) is 2.17. The highest BCUT2D eigenvalue weighted by molar-refractivity contribution is 7.89. The number of ether oxygens (including phenoxy) is 1. The molecule has 5 nitrogen and oxygen atoms in total. The summed E-state index contributed by atoms with van der Waals surface area (Å²) in [5.74, 6) is 0.436. The van der Waals surface area contributed by atoms with Gasteiger partial charge in [0.25, 0.3) is 0 Å². The maximum absolute atomic E-state index is 12.4. The van der Waals surface area contributed by atoms with Crippen molar-refractivity contribution in [3.05, 3.63) is 23.8 Å². The van der Waals surface area contributed by atoms with Crippen molar-refractivity contribution >= 4 is 10.0 Å². The van der Waals surface area contributed by atoms with E-state index in [0.29, 0.717) is 24.3 Å². The van der Waals surface area contributed by atoms with Crippen molar-refractivity contribution in [2.45, 2.75) is 24.4 Å². The minimum absolute atomic E-state index is 0.124. The van der Waals surface area contributed by atoms with Gasteiger partial charge in [-0.3, -0.25) is 4.90 Å². The molecule has 0 aromatic heterocycles. The van der Waals surface area contributed by atoms with Gasteiger partial charge in [0.1, 0.15) is 5.75 Å². The first-order valence-corrected chi connectivity index (χ1v) is 9.02. The summed E-state index contributed by atoms with van der Waals surface area (Å²) >= 11 is 0. The van der Waals surface area contributed by atoms with Crippen molar-refractivity contribution in [1.82, 2.24) is 9.62 Å². The zero-order valence-electron chi connectivity index (χ0n) is 13.6. The molecular weight excluding hydrogens is 345 g/mol. The van der Waals surface area contributed by atoms with E-state index in [-0.39, 0.29) is 23.9 Å². The number of nitrogens with one attached hydrogen (secondary N) is 1. The number of likely N-dealkylation sites (tertiary alicyclic amines) is 1. The lowest BCUT2D eigenvalue weighted by Gasteiger charge is -2.18. The van der Waals surface area contributed by atoms with Crippen LogP contribution in [-0.2, 0) is 10.0 Å². The molecule has 0 amide bonds.